The number of rotatable bonds is 3. The molecular weight excluding hydrogens is 361 g/mol. The number of guanidine groups is 1. The zero-order valence-corrected chi connectivity index (χ0v) is 14.9. The quantitative estimate of drug-likeness (QED) is 0.361. The van der Waals surface area contributed by atoms with Crippen molar-refractivity contribution in [1.29, 1.82) is 0 Å². The SMILES string of the molecule is C#CC(N=C(N)Nc1cccc(CC)c1)C(C)(C)C.I. The Labute approximate surface area is 139 Å². The number of nitrogens with zero attached hydrogens (tertiary/aromatic N) is 1. The predicted molar refractivity (Wildman–Crippen MR) is 98.6 cm³/mol. The molecular formula is C16H24IN3. The van der Waals surface area contributed by atoms with Crippen LogP contribution in [0.5, 0.6) is 0 Å². The number of nitrogens with two attached hydrogens (primary N) is 1. The van der Waals surface area contributed by atoms with E-state index in [0.29, 0.717) is 5.96 Å². The number of anilines is 1. The number of terminal acetylenes is 1. The lowest BCUT2D eigenvalue weighted by Crippen LogP contribution is -2.30. The summed E-state index contributed by atoms with van der Waals surface area (Å²) in [4.78, 5) is 4.36. The first kappa shape index (κ1) is 18.8. The van der Waals surface area contributed by atoms with Crippen LogP contribution in [0, 0.1) is 17.8 Å². The number of benzene rings is 1. The second-order valence-corrected chi connectivity index (χ2v) is 5.63. The van der Waals surface area contributed by atoms with Crippen LogP contribution in [0.25, 0.3) is 0 Å². The summed E-state index contributed by atoms with van der Waals surface area (Å²) in [6.07, 6.45) is 6.49. The van der Waals surface area contributed by atoms with Gasteiger partial charge in [0.15, 0.2) is 5.96 Å². The van der Waals surface area contributed by atoms with Crippen LogP contribution in [0.3, 0.4) is 0 Å². The Morgan fingerprint density at radius 1 is 1.45 bits per heavy atom. The fraction of sp³-hybridized carbons (Fsp3) is 0.438. The standard InChI is InChI=1S/C16H23N3.HI/c1-6-12-9-8-10-13(11-12)18-15(17)19-14(7-2)16(3,4)5;/h2,8-11,14H,6H2,1,3-5H3,(H3,17,18,19);1H. The molecule has 1 aromatic rings. The topological polar surface area (TPSA) is 50.4 Å². The Bertz CT molecular complexity index is 495. The van der Waals surface area contributed by atoms with Gasteiger partial charge in [-0.05, 0) is 29.5 Å². The minimum absolute atomic E-state index is 0. The first-order valence-electron chi connectivity index (χ1n) is 6.52. The Hall–Kier alpha value is -1.22. The monoisotopic (exact) mass is 385 g/mol. The molecule has 0 aliphatic rings. The largest absolute Gasteiger partial charge is 0.370 e. The lowest BCUT2D eigenvalue weighted by atomic mass is 9.88. The molecule has 0 heterocycles. The normalized spacial score (nSPS) is 13.1. The molecule has 3 nitrogen and oxygen atoms in total. The van der Waals surface area contributed by atoms with Gasteiger partial charge >= 0.3 is 0 Å². The van der Waals surface area contributed by atoms with Crippen LogP contribution in [-0.2, 0) is 6.42 Å². The molecule has 1 rings (SSSR count). The van der Waals surface area contributed by atoms with E-state index in [4.69, 9.17) is 12.2 Å². The number of aliphatic imine (C=N–C) groups is 1. The van der Waals surface area contributed by atoms with Crippen molar-refractivity contribution in [3.63, 3.8) is 0 Å². The highest BCUT2D eigenvalue weighted by Crippen LogP contribution is 2.21. The Kier molecular flexibility index (Phi) is 7.66. The van der Waals surface area contributed by atoms with Gasteiger partial charge in [-0.25, -0.2) is 4.99 Å². The van der Waals surface area contributed by atoms with E-state index in [9.17, 15) is 0 Å². The van der Waals surface area contributed by atoms with Gasteiger partial charge in [0, 0.05) is 5.69 Å². The first-order valence-corrected chi connectivity index (χ1v) is 6.52. The molecule has 110 valence electrons. The van der Waals surface area contributed by atoms with Gasteiger partial charge in [-0.15, -0.1) is 30.4 Å². The zero-order valence-electron chi connectivity index (χ0n) is 12.6. The maximum Gasteiger partial charge on any atom is 0.194 e. The minimum Gasteiger partial charge on any atom is -0.370 e. The average molecular weight is 385 g/mol. The van der Waals surface area contributed by atoms with Gasteiger partial charge in [0.2, 0.25) is 0 Å². The maximum absolute atomic E-state index is 5.91. The smallest absolute Gasteiger partial charge is 0.194 e. The van der Waals surface area contributed by atoms with Crippen LogP contribution in [-0.4, -0.2) is 12.0 Å². The van der Waals surface area contributed by atoms with Crippen LogP contribution in [0.2, 0.25) is 0 Å². The number of nitrogens with one attached hydrogen (secondary N) is 1. The zero-order chi connectivity index (χ0) is 14.5. The van der Waals surface area contributed by atoms with E-state index in [-0.39, 0.29) is 35.4 Å². The van der Waals surface area contributed by atoms with Gasteiger partial charge in [-0.1, -0.05) is 45.7 Å². The highest BCUT2D eigenvalue weighted by molar-refractivity contribution is 14.0. The van der Waals surface area contributed by atoms with Gasteiger partial charge < -0.3 is 11.1 Å². The first-order chi connectivity index (χ1) is 8.86. The summed E-state index contributed by atoms with van der Waals surface area (Å²) in [7, 11) is 0. The van der Waals surface area contributed by atoms with Crippen LogP contribution in [0.4, 0.5) is 5.69 Å². The van der Waals surface area contributed by atoms with Crippen molar-refractivity contribution in [3.8, 4) is 12.3 Å². The van der Waals surface area contributed by atoms with E-state index in [0.717, 1.165) is 12.1 Å². The number of hydrogen-bond donors (Lipinski definition) is 2. The summed E-state index contributed by atoms with van der Waals surface area (Å²) in [5.41, 5.74) is 8.00. The van der Waals surface area contributed by atoms with Gasteiger partial charge in [0.25, 0.3) is 0 Å². The van der Waals surface area contributed by atoms with E-state index in [1.54, 1.807) is 0 Å². The van der Waals surface area contributed by atoms with Crippen LogP contribution in [0.1, 0.15) is 33.3 Å². The van der Waals surface area contributed by atoms with Crippen molar-refractivity contribution >= 4 is 35.6 Å². The molecule has 0 fully saturated rings. The van der Waals surface area contributed by atoms with E-state index >= 15 is 0 Å². The highest BCUT2D eigenvalue weighted by Gasteiger charge is 2.22. The van der Waals surface area contributed by atoms with Crippen molar-refractivity contribution in [2.24, 2.45) is 16.1 Å². The molecule has 0 bridgehead atoms. The van der Waals surface area contributed by atoms with Crippen molar-refractivity contribution in [2.45, 2.75) is 40.2 Å². The third kappa shape index (κ3) is 5.83. The fourth-order valence-electron chi connectivity index (χ4n) is 1.67. The molecule has 0 spiro atoms. The lowest BCUT2D eigenvalue weighted by Gasteiger charge is -2.23. The molecule has 1 atom stereocenters. The van der Waals surface area contributed by atoms with Crippen molar-refractivity contribution in [3.05, 3.63) is 29.8 Å². The summed E-state index contributed by atoms with van der Waals surface area (Å²) in [5, 5.41) is 3.09. The van der Waals surface area contributed by atoms with E-state index < -0.39 is 0 Å². The maximum atomic E-state index is 5.91. The Morgan fingerprint density at radius 3 is 2.60 bits per heavy atom. The summed E-state index contributed by atoms with van der Waals surface area (Å²) in [5.74, 6) is 3.03. The molecule has 0 aromatic heterocycles. The summed E-state index contributed by atoms with van der Waals surface area (Å²) in [6.45, 7) is 8.26. The summed E-state index contributed by atoms with van der Waals surface area (Å²) in [6, 6.07) is 7.86. The summed E-state index contributed by atoms with van der Waals surface area (Å²) < 4.78 is 0. The Morgan fingerprint density at radius 2 is 2.10 bits per heavy atom. The van der Waals surface area contributed by atoms with E-state index in [2.05, 4.69) is 35.3 Å². The van der Waals surface area contributed by atoms with Crippen LogP contribution >= 0.6 is 24.0 Å². The molecule has 20 heavy (non-hydrogen) atoms. The highest BCUT2D eigenvalue weighted by atomic mass is 127. The molecule has 4 heteroatoms. The minimum atomic E-state index is -0.241. The predicted octanol–water partition coefficient (Wildman–Crippen LogP) is 3.64. The van der Waals surface area contributed by atoms with Gasteiger partial charge in [-0.2, -0.15) is 0 Å². The molecule has 1 unspecified atom stereocenters. The fourth-order valence-corrected chi connectivity index (χ4v) is 1.67. The Balaban J connectivity index is 0.00000361. The molecule has 1 aromatic carbocycles. The number of halogens is 1. The number of aryl methyl sites for hydroxylation is 1. The third-order valence-electron chi connectivity index (χ3n) is 2.85. The number of hydrogen-bond acceptors (Lipinski definition) is 1. The van der Waals surface area contributed by atoms with Gasteiger partial charge in [-0.3, -0.25) is 0 Å². The average Bonchev–Trinajstić information content (AvgIpc) is 2.34. The molecule has 3 N–H and O–H groups in total. The molecule has 0 saturated carbocycles. The van der Waals surface area contributed by atoms with Crippen LogP contribution < -0.4 is 11.1 Å². The van der Waals surface area contributed by atoms with Crippen LogP contribution in [0.15, 0.2) is 29.3 Å². The molecule has 0 amide bonds. The van der Waals surface area contributed by atoms with E-state index in [1.165, 1.54) is 5.56 Å². The van der Waals surface area contributed by atoms with Crippen molar-refractivity contribution in [1.82, 2.24) is 0 Å². The molecule has 0 radical (unpaired) electrons. The second-order valence-electron chi connectivity index (χ2n) is 5.63. The molecule has 0 aliphatic heterocycles. The van der Waals surface area contributed by atoms with Crippen molar-refractivity contribution in [2.75, 3.05) is 5.32 Å². The van der Waals surface area contributed by atoms with E-state index in [1.807, 2.05) is 32.9 Å². The van der Waals surface area contributed by atoms with Gasteiger partial charge in [0.1, 0.15) is 6.04 Å². The molecule has 0 saturated heterocycles. The van der Waals surface area contributed by atoms with Gasteiger partial charge in [0.05, 0.1) is 0 Å². The van der Waals surface area contributed by atoms with Crippen molar-refractivity contribution < 1.29 is 0 Å². The second kappa shape index (κ2) is 8.15. The summed E-state index contributed by atoms with van der Waals surface area (Å²) >= 11 is 0. The molecule has 0 aliphatic carbocycles. The third-order valence-corrected chi connectivity index (χ3v) is 2.85. The lowest BCUT2D eigenvalue weighted by molar-refractivity contribution is 0.376.